The van der Waals surface area contributed by atoms with Crippen molar-refractivity contribution >= 4 is 27.3 Å². The number of nitrogens with one attached hydrogen (secondary N) is 1. The van der Waals surface area contributed by atoms with Crippen LogP contribution in [-0.2, 0) is 28.8 Å². The van der Waals surface area contributed by atoms with Crippen LogP contribution in [0.25, 0.3) is 10.7 Å². The fourth-order valence-corrected chi connectivity index (χ4v) is 5.96. The van der Waals surface area contributed by atoms with Crippen LogP contribution in [0, 0.1) is 0 Å². The first-order valence-electron chi connectivity index (χ1n) is 10.7. The predicted octanol–water partition coefficient (Wildman–Crippen LogP) is 2.79. The van der Waals surface area contributed by atoms with Gasteiger partial charge in [0.1, 0.15) is 27.3 Å². The Kier molecular flexibility index (Phi) is 6.83. The van der Waals surface area contributed by atoms with Crippen molar-refractivity contribution in [3.8, 4) is 10.7 Å². The highest BCUT2D eigenvalue weighted by Gasteiger charge is 2.39. The number of nitrogens with zero attached hydrogens (tertiary/aromatic N) is 6. The van der Waals surface area contributed by atoms with Gasteiger partial charge in [0.15, 0.2) is 0 Å². The SMILES string of the molecule is Cn1cc(S(=O)(=O)N2CC[C@@H](Nc3ncc(C(F)(F)F)c(-c4ncc(C(C)(C)O)s4)n3)[C@H](F)C2)cn1. The van der Waals surface area contributed by atoms with Crippen molar-refractivity contribution in [2.24, 2.45) is 7.05 Å². The van der Waals surface area contributed by atoms with E-state index >= 15 is 0 Å². The van der Waals surface area contributed by atoms with Gasteiger partial charge in [-0.2, -0.15) is 22.6 Å². The van der Waals surface area contributed by atoms with Gasteiger partial charge < -0.3 is 10.4 Å². The average Bonchev–Trinajstić information content (AvgIpc) is 3.44. The number of hydrogen-bond donors (Lipinski definition) is 2. The van der Waals surface area contributed by atoms with E-state index in [4.69, 9.17) is 0 Å². The molecular formula is C20H23F4N7O3S2. The maximum atomic E-state index is 15.0. The molecule has 4 heterocycles. The molecule has 2 atom stereocenters. The number of hydrogen-bond acceptors (Lipinski definition) is 9. The second kappa shape index (κ2) is 9.32. The monoisotopic (exact) mass is 549 g/mol. The van der Waals surface area contributed by atoms with Crippen molar-refractivity contribution in [1.29, 1.82) is 0 Å². The lowest BCUT2D eigenvalue weighted by molar-refractivity contribution is -0.137. The maximum absolute atomic E-state index is 15.0. The number of aromatic nitrogens is 5. The van der Waals surface area contributed by atoms with Crippen LogP contribution in [-0.4, -0.2) is 67.9 Å². The zero-order valence-corrected chi connectivity index (χ0v) is 21.0. The van der Waals surface area contributed by atoms with Gasteiger partial charge in [-0.15, -0.1) is 11.3 Å². The summed E-state index contributed by atoms with van der Waals surface area (Å²) in [5.74, 6) is -0.255. The summed E-state index contributed by atoms with van der Waals surface area (Å²) in [6, 6.07) is -0.932. The van der Waals surface area contributed by atoms with Gasteiger partial charge >= 0.3 is 6.18 Å². The highest BCUT2D eigenvalue weighted by molar-refractivity contribution is 7.89. The van der Waals surface area contributed by atoms with Crippen LogP contribution in [0.4, 0.5) is 23.5 Å². The highest BCUT2D eigenvalue weighted by atomic mass is 32.2. The summed E-state index contributed by atoms with van der Waals surface area (Å²) < 4.78 is 83.7. The molecule has 196 valence electrons. The Bertz CT molecular complexity index is 1350. The maximum Gasteiger partial charge on any atom is 0.420 e. The summed E-state index contributed by atoms with van der Waals surface area (Å²) in [6.07, 6.45) is -2.08. The van der Waals surface area contributed by atoms with Crippen LogP contribution in [0.5, 0.6) is 0 Å². The molecule has 36 heavy (non-hydrogen) atoms. The molecule has 1 aliphatic rings. The Morgan fingerprint density at radius 2 is 1.92 bits per heavy atom. The topological polar surface area (TPSA) is 126 Å². The molecule has 2 N–H and O–H groups in total. The summed E-state index contributed by atoms with van der Waals surface area (Å²) in [5.41, 5.74) is -2.94. The smallest absolute Gasteiger partial charge is 0.385 e. The number of halogens is 4. The number of piperidine rings is 1. The fourth-order valence-electron chi connectivity index (χ4n) is 3.59. The van der Waals surface area contributed by atoms with Crippen LogP contribution in [0.15, 0.2) is 29.7 Å². The lowest BCUT2D eigenvalue weighted by Crippen LogP contribution is -2.50. The first-order chi connectivity index (χ1) is 16.7. The van der Waals surface area contributed by atoms with E-state index in [1.807, 2.05) is 0 Å². The lowest BCUT2D eigenvalue weighted by Gasteiger charge is -2.34. The highest BCUT2D eigenvalue weighted by Crippen LogP contribution is 2.39. The number of alkyl halides is 4. The van der Waals surface area contributed by atoms with Crippen molar-refractivity contribution in [3.63, 3.8) is 0 Å². The summed E-state index contributed by atoms with van der Waals surface area (Å²) in [7, 11) is -2.39. The molecular weight excluding hydrogens is 526 g/mol. The third-order valence-corrected chi connectivity index (χ3v) is 8.68. The summed E-state index contributed by atoms with van der Waals surface area (Å²) in [6.45, 7) is 2.47. The minimum atomic E-state index is -4.77. The van der Waals surface area contributed by atoms with Gasteiger partial charge in [-0.25, -0.2) is 27.8 Å². The summed E-state index contributed by atoms with van der Waals surface area (Å²) in [4.78, 5) is 11.9. The zero-order chi connectivity index (χ0) is 26.5. The second-order valence-corrected chi connectivity index (χ2v) is 11.8. The van der Waals surface area contributed by atoms with E-state index in [1.54, 1.807) is 7.05 Å². The van der Waals surface area contributed by atoms with Crippen molar-refractivity contribution in [2.45, 2.75) is 49.2 Å². The molecule has 0 aliphatic carbocycles. The number of aliphatic hydroxyl groups is 1. The van der Waals surface area contributed by atoms with Crippen molar-refractivity contribution in [3.05, 3.63) is 35.2 Å². The third kappa shape index (κ3) is 5.35. The van der Waals surface area contributed by atoms with Gasteiger partial charge in [0.25, 0.3) is 0 Å². The van der Waals surface area contributed by atoms with Crippen LogP contribution < -0.4 is 5.32 Å². The molecule has 0 radical (unpaired) electrons. The van der Waals surface area contributed by atoms with Crippen LogP contribution in [0.2, 0.25) is 0 Å². The van der Waals surface area contributed by atoms with Crippen molar-refractivity contribution < 1.29 is 31.1 Å². The first-order valence-corrected chi connectivity index (χ1v) is 12.9. The number of aryl methyl sites for hydroxylation is 1. The molecule has 3 aromatic heterocycles. The third-order valence-electron chi connectivity index (χ3n) is 5.54. The fraction of sp³-hybridized carbons (Fsp3) is 0.500. The number of thiazole rings is 1. The van der Waals surface area contributed by atoms with Gasteiger partial charge in [-0.05, 0) is 20.3 Å². The number of anilines is 1. The molecule has 4 rings (SSSR count). The Hall–Kier alpha value is -2.69. The quantitative estimate of drug-likeness (QED) is 0.450. The minimum absolute atomic E-state index is 0.0236. The molecule has 10 nitrogen and oxygen atoms in total. The van der Waals surface area contributed by atoms with Gasteiger partial charge in [-0.3, -0.25) is 4.68 Å². The Morgan fingerprint density at radius 1 is 1.19 bits per heavy atom. The molecule has 1 aliphatic heterocycles. The number of rotatable bonds is 6. The van der Waals surface area contributed by atoms with E-state index in [9.17, 15) is 31.1 Å². The summed E-state index contributed by atoms with van der Waals surface area (Å²) in [5, 5.41) is 16.6. The zero-order valence-electron chi connectivity index (χ0n) is 19.4. The Morgan fingerprint density at radius 3 is 2.47 bits per heavy atom. The first kappa shape index (κ1) is 26.4. The van der Waals surface area contributed by atoms with Crippen LogP contribution in [0.1, 0.15) is 30.7 Å². The van der Waals surface area contributed by atoms with Crippen LogP contribution in [0.3, 0.4) is 0 Å². The molecule has 16 heteroatoms. The van der Waals surface area contributed by atoms with E-state index in [-0.39, 0.29) is 28.8 Å². The van der Waals surface area contributed by atoms with E-state index in [0.29, 0.717) is 11.1 Å². The number of sulfonamides is 1. The van der Waals surface area contributed by atoms with E-state index in [1.165, 1.54) is 37.1 Å². The van der Waals surface area contributed by atoms with Crippen molar-refractivity contribution in [1.82, 2.24) is 29.0 Å². The molecule has 0 spiro atoms. The van der Waals surface area contributed by atoms with Crippen LogP contribution >= 0.6 is 11.3 Å². The Balaban J connectivity index is 1.56. The van der Waals surface area contributed by atoms with Gasteiger partial charge in [0.05, 0.1) is 22.7 Å². The normalized spacial score (nSPS) is 20.0. The van der Waals surface area contributed by atoms with E-state index in [2.05, 4.69) is 25.4 Å². The van der Waals surface area contributed by atoms with Gasteiger partial charge in [0, 0.05) is 38.7 Å². The largest absolute Gasteiger partial charge is 0.420 e. The standard InChI is InChI=1S/C20H23F4N7O3S2/c1-19(2,32)15-8-25-17(35-15)16-12(20(22,23)24)7-26-18(29-16)28-14-4-5-31(10-13(14)21)36(33,34)11-6-27-30(3)9-11/h6-9,13-14,32H,4-5,10H2,1-3H3,(H,26,28,29)/t13-,14-/m1/s1. The van der Waals surface area contributed by atoms with Crippen molar-refractivity contribution in [2.75, 3.05) is 18.4 Å². The molecule has 0 amide bonds. The van der Waals surface area contributed by atoms with Gasteiger partial charge in [-0.1, -0.05) is 0 Å². The van der Waals surface area contributed by atoms with Gasteiger partial charge in [0.2, 0.25) is 16.0 Å². The second-order valence-electron chi connectivity index (χ2n) is 8.81. The predicted molar refractivity (Wildman–Crippen MR) is 122 cm³/mol. The molecule has 0 bridgehead atoms. The average molecular weight is 550 g/mol. The summed E-state index contributed by atoms with van der Waals surface area (Å²) >= 11 is 0.848. The molecule has 0 aromatic carbocycles. The van der Waals surface area contributed by atoms with E-state index < -0.39 is 51.8 Å². The lowest BCUT2D eigenvalue weighted by atomic mass is 10.1. The molecule has 1 saturated heterocycles. The minimum Gasteiger partial charge on any atom is -0.385 e. The Labute approximate surface area is 208 Å². The molecule has 0 saturated carbocycles. The molecule has 3 aromatic rings. The van der Waals surface area contributed by atoms with E-state index in [0.717, 1.165) is 15.6 Å². The molecule has 1 fully saturated rings. The molecule has 0 unspecified atom stereocenters.